The molecule has 0 saturated heterocycles. The molecular formula is C14H13N3O2. The minimum atomic E-state index is -0.425. The number of hydrogen-bond acceptors (Lipinski definition) is 4. The van der Waals surface area contributed by atoms with Gasteiger partial charge in [0.25, 0.3) is 5.91 Å². The number of nitrogens with zero attached hydrogens (tertiary/aromatic N) is 3. The number of phenolic OH excluding ortho intramolecular Hbond substituents is 1. The van der Waals surface area contributed by atoms with Crippen molar-refractivity contribution in [2.45, 2.75) is 13.8 Å². The maximum atomic E-state index is 11.7. The van der Waals surface area contributed by atoms with Crippen LogP contribution in [0.15, 0.2) is 46.9 Å². The van der Waals surface area contributed by atoms with E-state index >= 15 is 0 Å². The third kappa shape index (κ3) is 3.01. The second-order valence-corrected chi connectivity index (χ2v) is 4.17. The first-order valence-electron chi connectivity index (χ1n) is 5.74. The molecule has 0 aliphatic heterocycles. The van der Waals surface area contributed by atoms with E-state index in [0.717, 1.165) is 0 Å². The molecule has 0 bridgehead atoms. The van der Waals surface area contributed by atoms with Crippen molar-refractivity contribution in [2.24, 2.45) is 10.2 Å². The number of hydrogen-bond donors (Lipinski definition) is 1. The molecule has 96 valence electrons. The zero-order valence-corrected chi connectivity index (χ0v) is 10.7. The summed E-state index contributed by atoms with van der Waals surface area (Å²) < 4.78 is 0. The Kier molecular flexibility index (Phi) is 3.66. The first-order valence-corrected chi connectivity index (χ1v) is 5.74. The van der Waals surface area contributed by atoms with E-state index in [1.807, 2.05) is 0 Å². The highest BCUT2D eigenvalue weighted by atomic mass is 16.3. The standard InChI is InChI=1S/C14H13N3O2/c1-9-7-12(8-10(2)13(9)18)16-17-14(19)11-3-5-15-6-4-11/h3-8,18H,1-2H3. The van der Waals surface area contributed by atoms with Crippen LogP contribution in [0.25, 0.3) is 0 Å². The van der Waals surface area contributed by atoms with Gasteiger partial charge in [-0.3, -0.25) is 9.78 Å². The van der Waals surface area contributed by atoms with Crippen molar-refractivity contribution in [3.05, 3.63) is 53.3 Å². The predicted octanol–water partition coefficient (Wildman–Crippen LogP) is 3.33. The zero-order valence-electron chi connectivity index (χ0n) is 10.7. The highest BCUT2D eigenvalue weighted by molar-refractivity contribution is 5.94. The monoisotopic (exact) mass is 255 g/mol. The van der Waals surface area contributed by atoms with E-state index in [0.29, 0.717) is 22.4 Å². The molecule has 5 heteroatoms. The summed E-state index contributed by atoms with van der Waals surface area (Å²) >= 11 is 0. The number of azo groups is 1. The molecule has 0 aliphatic carbocycles. The van der Waals surface area contributed by atoms with Gasteiger partial charge in [0.2, 0.25) is 0 Å². The summed E-state index contributed by atoms with van der Waals surface area (Å²) in [4.78, 5) is 15.5. The van der Waals surface area contributed by atoms with Gasteiger partial charge in [-0.15, -0.1) is 10.2 Å². The first kappa shape index (κ1) is 12.9. The number of aromatic hydroxyl groups is 1. The van der Waals surface area contributed by atoms with E-state index in [1.165, 1.54) is 12.4 Å². The van der Waals surface area contributed by atoms with Gasteiger partial charge in [0.1, 0.15) is 5.75 Å². The number of aryl methyl sites for hydroxylation is 2. The van der Waals surface area contributed by atoms with Crippen molar-refractivity contribution in [1.82, 2.24) is 4.98 Å². The van der Waals surface area contributed by atoms with Gasteiger partial charge >= 0.3 is 0 Å². The minimum absolute atomic E-state index is 0.236. The van der Waals surface area contributed by atoms with Gasteiger partial charge in [-0.05, 0) is 49.2 Å². The second-order valence-electron chi connectivity index (χ2n) is 4.17. The highest BCUT2D eigenvalue weighted by Gasteiger charge is 2.05. The molecule has 5 nitrogen and oxygen atoms in total. The lowest BCUT2D eigenvalue weighted by Gasteiger charge is -2.03. The number of phenols is 1. The third-order valence-electron chi connectivity index (χ3n) is 2.66. The number of benzene rings is 1. The van der Waals surface area contributed by atoms with Crippen molar-refractivity contribution in [1.29, 1.82) is 0 Å². The summed E-state index contributed by atoms with van der Waals surface area (Å²) in [5.74, 6) is -0.190. The summed E-state index contributed by atoms with van der Waals surface area (Å²) in [5, 5.41) is 17.2. The molecular weight excluding hydrogens is 242 g/mol. The molecule has 0 radical (unpaired) electrons. The number of pyridine rings is 1. The normalized spacial score (nSPS) is 10.8. The molecule has 1 aromatic heterocycles. The summed E-state index contributed by atoms with van der Waals surface area (Å²) in [6.45, 7) is 3.54. The summed E-state index contributed by atoms with van der Waals surface area (Å²) in [6.07, 6.45) is 3.05. The molecule has 0 aliphatic rings. The van der Waals surface area contributed by atoms with E-state index in [2.05, 4.69) is 15.2 Å². The van der Waals surface area contributed by atoms with Gasteiger partial charge in [-0.1, -0.05) is 0 Å². The van der Waals surface area contributed by atoms with Gasteiger partial charge < -0.3 is 5.11 Å². The average molecular weight is 255 g/mol. The van der Waals surface area contributed by atoms with Crippen molar-refractivity contribution in [3.63, 3.8) is 0 Å². The maximum Gasteiger partial charge on any atom is 0.295 e. The molecule has 1 aromatic carbocycles. The van der Waals surface area contributed by atoms with Crippen LogP contribution in [-0.4, -0.2) is 16.0 Å². The summed E-state index contributed by atoms with van der Waals surface area (Å²) in [7, 11) is 0. The Bertz CT molecular complexity index is 613. The van der Waals surface area contributed by atoms with Crippen molar-refractivity contribution in [2.75, 3.05) is 0 Å². The topological polar surface area (TPSA) is 74.9 Å². The molecule has 2 rings (SSSR count). The number of rotatable bonds is 2. The molecule has 0 spiro atoms. The summed E-state index contributed by atoms with van der Waals surface area (Å²) in [6, 6.07) is 6.50. The SMILES string of the molecule is Cc1cc(N=NC(=O)c2ccncc2)cc(C)c1O. The zero-order chi connectivity index (χ0) is 13.8. The van der Waals surface area contributed by atoms with Crippen LogP contribution in [-0.2, 0) is 0 Å². The Hall–Kier alpha value is -2.56. The Balaban J connectivity index is 2.22. The fourth-order valence-corrected chi connectivity index (χ4v) is 1.65. The molecule has 0 unspecified atom stereocenters. The molecule has 2 aromatic rings. The molecule has 1 amide bonds. The fraction of sp³-hybridized carbons (Fsp3) is 0.143. The molecule has 0 saturated carbocycles. The van der Waals surface area contributed by atoms with E-state index < -0.39 is 5.91 Å². The van der Waals surface area contributed by atoms with Crippen LogP contribution in [0.4, 0.5) is 5.69 Å². The molecule has 1 N–H and O–H groups in total. The fourth-order valence-electron chi connectivity index (χ4n) is 1.65. The van der Waals surface area contributed by atoms with E-state index in [-0.39, 0.29) is 5.75 Å². The average Bonchev–Trinajstić information content (AvgIpc) is 2.43. The predicted molar refractivity (Wildman–Crippen MR) is 70.7 cm³/mol. The molecule has 0 fully saturated rings. The Labute approximate surface area is 110 Å². The van der Waals surface area contributed by atoms with Crippen molar-refractivity contribution < 1.29 is 9.90 Å². The van der Waals surface area contributed by atoms with Gasteiger partial charge in [-0.2, -0.15) is 0 Å². The highest BCUT2D eigenvalue weighted by Crippen LogP contribution is 2.27. The van der Waals surface area contributed by atoms with Crippen molar-refractivity contribution >= 4 is 11.6 Å². The molecule has 19 heavy (non-hydrogen) atoms. The maximum absolute atomic E-state index is 11.7. The van der Waals surface area contributed by atoms with Gasteiger partial charge in [0.05, 0.1) is 5.69 Å². The lowest BCUT2D eigenvalue weighted by Crippen LogP contribution is -1.93. The van der Waals surface area contributed by atoms with E-state index in [1.54, 1.807) is 38.1 Å². The smallest absolute Gasteiger partial charge is 0.295 e. The first-order chi connectivity index (χ1) is 9.08. The second kappa shape index (κ2) is 5.39. The largest absolute Gasteiger partial charge is 0.507 e. The number of aromatic nitrogens is 1. The van der Waals surface area contributed by atoms with Crippen LogP contribution in [0, 0.1) is 13.8 Å². The van der Waals surface area contributed by atoms with Crippen LogP contribution >= 0.6 is 0 Å². The van der Waals surface area contributed by atoms with Crippen LogP contribution in [0.2, 0.25) is 0 Å². The van der Waals surface area contributed by atoms with Gasteiger partial charge in [-0.25, -0.2) is 0 Å². The quantitative estimate of drug-likeness (QED) is 0.836. The van der Waals surface area contributed by atoms with Gasteiger partial charge in [0, 0.05) is 18.0 Å². The Morgan fingerprint density at radius 1 is 1.16 bits per heavy atom. The number of amides is 1. The van der Waals surface area contributed by atoms with Crippen molar-refractivity contribution in [3.8, 4) is 5.75 Å². The van der Waals surface area contributed by atoms with Crippen LogP contribution in [0.5, 0.6) is 5.75 Å². The number of carbonyl (C=O) groups excluding carboxylic acids is 1. The lowest BCUT2D eigenvalue weighted by atomic mass is 10.1. The van der Waals surface area contributed by atoms with E-state index in [4.69, 9.17) is 0 Å². The van der Waals surface area contributed by atoms with Crippen LogP contribution in [0.1, 0.15) is 21.5 Å². The van der Waals surface area contributed by atoms with E-state index in [9.17, 15) is 9.90 Å². The third-order valence-corrected chi connectivity index (χ3v) is 2.66. The van der Waals surface area contributed by atoms with Crippen LogP contribution < -0.4 is 0 Å². The van der Waals surface area contributed by atoms with Gasteiger partial charge in [0.15, 0.2) is 0 Å². The Morgan fingerprint density at radius 2 is 1.74 bits per heavy atom. The lowest BCUT2D eigenvalue weighted by molar-refractivity contribution is 0.0995. The molecule has 1 heterocycles. The van der Waals surface area contributed by atoms with Crippen LogP contribution in [0.3, 0.4) is 0 Å². The Morgan fingerprint density at radius 3 is 2.32 bits per heavy atom. The molecule has 0 atom stereocenters. The minimum Gasteiger partial charge on any atom is -0.507 e. The number of carbonyl (C=O) groups is 1. The summed E-state index contributed by atoms with van der Waals surface area (Å²) in [5.41, 5.74) is 2.37.